The minimum atomic E-state index is -0.953. The van der Waals surface area contributed by atoms with E-state index in [2.05, 4.69) is 16.9 Å². The molecule has 1 heterocycles. The summed E-state index contributed by atoms with van der Waals surface area (Å²) in [4.78, 5) is 15.3. The van der Waals surface area contributed by atoms with E-state index in [4.69, 9.17) is 5.11 Å². The van der Waals surface area contributed by atoms with Crippen LogP contribution in [0.3, 0.4) is 0 Å². The average molecular weight is 228 g/mol. The second-order valence-corrected chi connectivity index (χ2v) is 3.54. The number of aromatic carboxylic acids is 1. The second kappa shape index (κ2) is 4.65. The Labute approximate surface area is 98.6 Å². The lowest BCUT2D eigenvalue weighted by Crippen LogP contribution is -2.04. The number of hydrogen-bond donors (Lipinski definition) is 2. The summed E-state index contributed by atoms with van der Waals surface area (Å²) in [6.45, 7) is 4.15. The Kier molecular flexibility index (Phi) is 3.05. The number of nitrogens with one attached hydrogen (secondary N) is 1. The van der Waals surface area contributed by atoms with Gasteiger partial charge in [-0.05, 0) is 17.5 Å². The van der Waals surface area contributed by atoms with E-state index in [9.17, 15) is 4.79 Å². The molecule has 0 saturated heterocycles. The van der Waals surface area contributed by atoms with E-state index in [1.165, 1.54) is 0 Å². The molecular formula is C13H12N2O2. The number of pyridine rings is 1. The van der Waals surface area contributed by atoms with Gasteiger partial charge in [-0.15, -0.1) is 6.58 Å². The highest BCUT2D eigenvalue weighted by Gasteiger charge is 2.11. The first-order valence-electron chi connectivity index (χ1n) is 5.20. The van der Waals surface area contributed by atoms with Crippen molar-refractivity contribution < 1.29 is 9.90 Å². The fourth-order valence-corrected chi connectivity index (χ4v) is 1.71. The van der Waals surface area contributed by atoms with Crippen molar-refractivity contribution in [2.45, 2.75) is 0 Å². The molecule has 0 saturated carbocycles. The Morgan fingerprint density at radius 3 is 3.00 bits per heavy atom. The van der Waals surface area contributed by atoms with Crippen molar-refractivity contribution in [3.63, 3.8) is 0 Å². The summed E-state index contributed by atoms with van der Waals surface area (Å²) >= 11 is 0. The number of aromatic nitrogens is 1. The van der Waals surface area contributed by atoms with Crippen LogP contribution >= 0.6 is 0 Å². The van der Waals surface area contributed by atoms with E-state index < -0.39 is 5.97 Å². The van der Waals surface area contributed by atoms with Crippen LogP contribution in [-0.4, -0.2) is 22.6 Å². The number of benzene rings is 1. The molecule has 2 rings (SSSR count). The fraction of sp³-hybridized carbons (Fsp3) is 0.0769. The second-order valence-electron chi connectivity index (χ2n) is 3.54. The molecule has 4 nitrogen and oxygen atoms in total. The molecule has 0 bridgehead atoms. The lowest BCUT2D eigenvalue weighted by molar-refractivity contribution is 0.0699. The van der Waals surface area contributed by atoms with Crippen LogP contribution in [-0.2, 0) is 0 Å². The van der Waals surface area contributed by atoms with Gasteiger partial charge in [0.15, 0.2) is 0 Å². The Balaban J connectivity index is 2.66. The van der Waals surface area contributed by atoms with Crippen LogP contribution in [0.4, 0.5) is 5.82 Å². The summed E-state index contributed by atoms with van der Waals surface area (Å²) < 4.78 is 0. The normalized spacial score (nSPS) is 10.1. The molecule has 0 aliphatic carbocycles. The molecule has 86 valence electrons. The van der Waals surface area contributed by atoms with Crippen LogP contribution in [0.5, 0.6) is 0 Å². The molecule has 2 aromatic rings. The van der Waals surface area contributed by atoms with Gasteiger partial charge in [-0.3, -0.25) is 0 Å². The zero-order valence-electron chi connectivity index (χ0n) is 9.18. The highest BCUT2D eigenvalue weighted by atomic mass is 16.4. The van der Waals surface area contributed by atoms with Gasteiger partial charge in [-0.25, -0.2) is 9.78 Å². The third-order valence-electron chi connectivity index (χ3n) is 2.44. The quantitative estimate of drug-likeness (QED) is 0.789. The number of carboxylic acid groups (broad SMARTS) is 1. The van der Waals surface area contributed by atoms with E-state index in [1.807, 2.05) is 6.07 Å². The van der Waals surface area contributed by atoms with Gasteiger partial charge in [0.1, 0.15) is 5.82 Å². The molecule has 1 aromatic carbocycles. The maximum atomic E-state index is 11.2. The maximum Gasteiger partial charge on any atom is 0.336 e. The van der Waals surface area contributed by atoms with Crippen molar-refractivity contribution >= 4 is 22.6 Å². The highest BCUT2D eigenvalue weighted by molar-refractivity contribution is 6.08. The fourth-order valence-electron chi connectivity index (χ4n) is 1.71. The van der Waals surface area contributed by atoms with Gasteiger partial charge in [0.05, 0.1) is 5.56 Å². The summed E-state index contributed by atoms with van der Waals surface area (Å²) in [5, 5.41) is 13.7. The Bertz CT molecular complexity index is 573. The van der Waals surface area contributed by atoms with Gasteiger partial charge < -0.3 is 10.4 Å². The number of rotatable bonds is 4. The van der Waals surface area contributed by atoms with E-state index in [0.29, 0.717) is 17.7 Å². The molecule has 0 aliphatic rings. The summed E-state index contributed by atoms with van der Waals surface area (Å²) in [6.07, 6.45) is 3.35. The maximum absolute atomic E-state index is 11.2. The predicted octanol–water partition coefficient (Wildman–Crippen LogP) is 2.53. The Hall–Kier alpha value is -2.36. The molecule has 2 N–H and O–H groups in total. The Morgan fingerprint density at radius 1 is 1.47 bits per heavy atom. The van der Waals surface area contributed by atoms with Crippen molar-refractivity contribution in [1.82, 2.24) is 4.98 Å². The third kappa shape index (κ3) is 2.10. The zero-order valence-corrected chi connectivity index (χ0v) is 9.18. The van der Waals surface area contributed by atoms with Gasteiger partial charge in [0.25, 0.3) is 0 Å². The molecule has 0 amide bonds. The van der Waals surface area contributed by atoms with E-state index in [-0.39, 0.29) is 5.56 Å². The van der Waals surface area contributed by atoms with Crippen LogP contribution < -0.4 is 5.32 Å². The minimum Gasteiger partial charge on any atom is -0.478 e. The van der Waals surface area contributed by atoms with Crippen molar-refractivity contribution in [3.05, 3.63) is 48.7 Å². The number of carboxylic acids is 1. The van der Waals surface area contributed by atoms with E-state index in [1.54, 1.807) is 30.5 Å². The molecule has 17 heavy (non-hydrogen) atoms. The van der Waals surface area contributed by atoms with Crippen LogP contribution in [0, 0.1) is 0 Å². The molecule has 4 heteroatoms. The van der Waals surface area contributed by atoms with E-state index in [0.717, 1.165) is 5.39 Å². The van der Waals surface area contributed by atoms with Crippen molar-refractivity contribution in [2.24, 2.45) is 0 Å². The topological polar surface area (TPSA) is 62.2 Å². The number of carbonyl (C=O) groups is 1. The average Bonchev–Trinajstić information content (AvgIpc) is 2.35. The number of nitrogens with zero attached hydrogens (tertiary/aromatic N) is 1. The van der Waals surface area contributed by atoms with Crippen molar-refractivity contribution in [3.8, 4) is 0 Å². The van der Waals surface area contributed by atoms with Crippen LogP contribution in [0.2, 0.25) is 0 Å². The molecule has 1 aromatic heterocycles. The highest BCUT2D eigenvalue weighted by Crippen LogP contribution is 2.24. The number of anilines is 1. The van der Waals surface area contributed by atoms with E-state index >= 15 is 0 Å². The predicted molar refractivity (Wildman–Crippen MR) is 67.4 cm³/mol. The third-order valence-corrected chi connectivity index (χ3v) is 2.44. The summed E-state index contributed by atoms with van der Waals surface area (Å²) in [6, 6.07) is 6.96. The number of hydrogen-bond acceptors (Lipinski definition) is 3. The van der Waals surface area contributed by atoms with Gasteiger partial charge in [-0.2, -0.15) is 0 Å². The smallest absolute Gasteiger partial charge is 0.336 e. The molecule has 0 fully saturated rings. The van der Waals surface area contributed by atoms with Gasteiger partial charge in [0, 0.05) is 18.1 Å². The number of fused-ring (bicyclic) bond motifs is 1. The first-order chi connectivity index (χ1) is 8.24. The Morgan fingerprint density at radius 2 is 2.29 bits per heavy atom. The van der Waals surface area contributed by atoms with Crippen LogP contribution in [0.1, 0.15) is 10.4 Å². The van der Waals surface area contributed by atoms with Crippen LogP contribution in [0.25, 0.3) is 10.8 Å². The molecule has 0 radical (unpaired) electrons. The van der Waals surface area contributed by atoms with Crippen molar-refractivity contribution in [1.29, 1.82) is 0 Å². The summed E-state index contributed by atoms with van der Waals surface area (Å²) in [7, 11) is 0. The minimum absolute atomic E-state index is 0.252. The summed E-state index contributed by atoms with van der Waals surface area (Å²) in [5.41, 5.74) is 0.252. The first kappa shape index (κ1) is 11.1. The molecule has 0 atom stereocenters. The molecule has 0 spiro atoms. The first-order valence-corrected chi connectivity index (χ1v) is 5.20. The molecule has 0 unspecified atom stereocenters. The van der Waals surface area contributed by atoms with Crippen LogP contribution in [0.15, 0.2) is 43.1 Å². The SMILES string of the molecule is C=CCNc1nccc2cccc(C(=O)O)c12. The van der Waals surface area contributed by atoms with Crippen molar-refractivity contribution in [2.75, 3.05) is 11.9 Å². The lowest BCUT2D eigenvalue weighted by atomic mass is 10.1. The lowest BCUT2D eigenvalue weighted by Gasteiger charge is -2.09. The standard InChI is InChI=1S/C13H12N2O2/c1-2-7-14-12-11-9(6-8-15-12)4-3-5-10(11)13(16)17/h2-6,8H,1,7H2,(H,14,15)(H,16,17). The molecular weight excluding hydrogens is 216 g/mol. The van der Waals surface area contributed by atoms with Gasteiger partial charge in [-0.1, -0.05) is 18.2 Å². The van der Waals surface area contributed by atoms with Gasteiger partial charge in [0.2, 0.25) is 0 Å². The monoisotopic (exact) mass is 228 g/mol. The molecule has 0 aliphatic heterocycles. The largest absolute Gasteiger partial charge is 0.478 e. The van der Waals surface area contributed by atoms with Gasteiger partial charge >= 0.3 is 5.97 Å². The summed E-state index contributed by atoms with van der Waals surface area (Å²) in [5.74, 6) is -0.384. The zero-order chi connectivity index (χ0) is 12.3.